The molecule has 0 aromatic heterocycles. The minimum Gasteiger partial charge on any atom is -0.495 e. The van der Waals surface area contributed by atoms with Gasteiger partial charge in [0.15, 0.2) is 0 Å². The Bertz CT molecular complexity index is 318. The van der Waals surface area contributed by atoms with Crippen molar-refractivity contribution in [3.63, 3.8) is 0 Å². The van der Waals surface area contributed by atoms with Gasteiger partial charge in [0.05, 0.1) is 24.3 Å². The summed E-state index contributed by atoms with van der Waals surface area (Å²) >= 11 is 5.85. The van der Waals surface area contributed by atoms with Gasteiger partial charge in [-0.3, -0.25) is 0 Å². The fourth-order valence-corrected chi connectivity index (χ4v) is 1.36. The molecule has 0 amide bonds. The second-order valence-corrected chi connectivity index (χ2v) is 3.57. The molecule has 1 rings (SSSR count). The Morgan fingerprint density at radius 1 is 1.47 bits per heavy atom. The molecule has 86 valence electrons. The van der Waals surface area contributed by atoms with Crippen molar-refractivity contribution in [3.8, 4) is 5.75 Å². The van der Waals surface area contributed by atoms with Gasteiger partial charge in [0.25, 0.3) is 0 Å². The van der Waals surface area contributed by atoms with Crippen LogP contribution in [0.25, 0.3) is 0 Å². The molecule has 0 aliphatic rings. The van der Waals surface area contributed by atoms with Gasteiger partial charge in [0.1, 0.15) is 5.75 Å². The van der Waals surface area contributed by atoms with Crippen LogP contribution >= 0.6 is 24.0 Å². The maximum Gasteiger partial charge on any atom is 0.137 e. The second kappa shape index (κ2) is 6.18. The molecule has 0 saturated heterocycles. The third-order valence-electron chi connectivity index (χ3n) is 2.08. The number of halogens is 2. The molecule has 0 aliphatic carbocycles. The van der Waals surface area contributed by atoms with E-state index < -0.39 is 12.1 Å². The molecule has 0 unspecified atom stereocenters. The Kier molecular flexibility index (Phi) is 5.98. The van der Waals surface area contributed by atoms with Crippen LogP contribution in [-0.4, -0.2) is 18.3 Å². The van der Waals surface area contributed by atoms with Crippen molar-refractivity contribution >= 4 is 24.0 Å². The van der Waals surface area contributed by atoms with E-state index in [9.17, 15) is 5.11 Å². The summed E-state index contributed by atoms with van der Waals surface area (Å²) in [6.07, 6.45) is -0.596. The van der Waals surface area contributed by atoms with Gasteiger partial charge in [-0.05, 0) is 24.6 Å². The lowest BCUT2D eigenvalue weighted by molar-refractivity contribution is 0.164. The first-order valence-corrected chi connectivity index (χ1v) is 4.71. The van der Waals surface area contributed by atoms with Gasteiger partial charge in [-0.25, -0.2) is 0 Å². The van der Waals surface area contributed by atoms with E-state index in [0.29, 0.717) is 10.8 Å². The Morgan fingerprint density at radius 3 is 2.53 bits per heavy atom. The third kappa shape index (κ3) is 3.54. The van der Waals surface area contributed by atoms with Gasteiger partial charge >= 0.3 is 0 Å². The topological polar surface area (TPSA) is 55.5 Å². The molecule has 5 heteroatoms. The van der Waals surface area contributed by atoms with E-state index in [1.165, 1.54) is 0 Å². The molecular formula is C10H15Cl2NO2. The number of nitrogens with two attached hydrogens (primary N) is 1. The number of benzene rings is 1. The Morgan fingerprint density at radius 2 is 2.07 bits per heavy atom. The van der Waals surface area contributed by atoms with Crippen molar-refractivity contribution < 1.29 is 9.84 Å². The molecule has 0 saturated carbocycles. The van der Waals surface area contributed by atoms with Crippen LogP contribution in [0.4, 0.5) is 0 Å². The van der Waals surface area contributed by atoms with E-state index in [4.69, 9.17) is 22.1 Å². The van der Waals surface area contributed by atoms with Gasteiger partial charge in [0.2, 0.25) is 0 Å². The summed E-state index contributed by atoms with van der Waals surface area (Å²) < 4.78 is 5.05. The van der Waals surface area contributed by atoms with Crippen LogP contribution < -0.4 is 10.5 Å². The lowest BCUT2D eigenvalue weighted by atomic mass is 10.0. The van der Waals surface area contributed by atoms with Crippen LogP contribution in [0.5, 0.6) is 5.75 Å². The van der Waals surface area contributed by atoms with Crippen LogP contribution in [0.15, 0.2) is 18.2 Å². The lowest BCUT2D eigenvalue weighted by Crippen LogP contribution is -2.23. The van der Waals surface area contributed by atoms with Gasteiger partial charge in [-0.15, -0.1) is 12.4 Å². The minimum atomic E-state index is -0.596. The molecule has 0 spiro atoms. The van der Waals surface area contributed by atoms with Gasteiger partial charge < -0.3 is 15.6 Å². The van der Waals surface area contributed by atoms with E-state index in [1.807, 2.05) is 0 Å². The number of ether oxygens (including phenoxy) is 1. The zero-order valence-corrected chi connectivity index (χ0v) is 10.2. The monoisotopic (exact) mass is 251 g/mol. The first-order valence-electron chi connectivity index (χ1n) is 4.33. The Balaban J connectivity index is 0.00000196. The number of hydrogen-bond donors (Lipinski definition) is 2. The quantitative estimate of drug-likeness (QED) is 0.866. The summed E-state index contributed by atoms with van der Waals surface area (Å²) in [5.41, 5.74) is 6.57. The number of rotatable bonds is 3. The molecule has 15 heavy (non-hydrogen) atoms. The van der Waals surface area contributed by atoms with Crippen molar-refractivity contribution in [1.29, 1.82) is 0 Å². The molecule has 0 radical (unpaired) electrons. The highest BCUT2D eigenvalue weighted by molar-refractivity contribution is 6.32. The smallest absolute Gasteiger partial charge is 0.137 e. The van der Waals surface area contributed by atoms with E-state index in [0.717, 1.165) is 5.56 Å². The zero-order chi connectivity index (χ0) is 10.7. The first kappa shape index (κ1) is 14.5. The van der Waals surface area contributed by atoms with Crippen LogP contribution in [0.1, 0.15) is 18.5 Å². The van der Waals surface area contributed by atoms with Crippen LogP contribution in [0, 0.1) is 0 Å². The minimum absolute atomic E-state index is 0. The predicted molar refractivity (Wildman–Crippen MR) is 63.9 cm³/mol. The van der Waals surface area contributed by atoms with Gasteiger partial charge in [0, 0.05) is 0 Å². The number of aliphatic hydroxyl groups is 1. The van der Waals surface area contributed by atoms with Crippen LogP contribution in [0.2, 0.25) is 5.02 Å². The summed E-state index contributed by atoms with van der Waals surface area (Å²) in [5.74, 6) is 0.570. The SMILES string of the molecule is COc1cc([C@H](N)[C@@H](C)O)ccc1Cl.Cl. The molecule has 0 heterocycles. The van der Waals surface area contributed by atoms with Crippen molar-refractivity contribution in [2.45, 2.75) is 19.1 Å². The highest BCUT2D eigenvalue weighted by atomic mass is 35.5. The summed E-state index contributed by atoms with van der Waals surface area (Å²) in [5, 5.41) is 9.84. The Hall–Kier alpha value is -0.480. The predicted octanol–water partition coefficient (Wildman–Crippen LogP) is 2.15. The van der Waals surface area contributed by atoms with E-state index in [2.05, 4.69) is 0 Å². The number of hydrogen-bond acceptors (Lipinski definition) is 3. The first-order chi connectivity index (χ1) is 6.56. The molecule has 2 atom stereocenters. The summed E-state index contributed by atoms with van der Waals surface area (Å²) in [7, 11) is 1.54. The number of methoxy groups -OCH3 is 1. The third-order valence-corrected chi connectivity index (χ3v) is 2.39. The second-order valence-electron chi connectivity index (χ2n) is 3.16. The standard InChI is InChI=1S/C10H14ClNO2.ClH/c1-6(13)10(12)7-3-4-8(11)9(5-7)14-2;/h3-6,10,13H,12H2,1-2H3;1H/t6-,10-;/m1./s1. The van der Waals surface area contributed by atoms with Gasteiger partial charge in [-0.1, -0.05) is 17.7 Å². The summed E-state index contributed by atoms with van der Waals surface area (Å²) in [6, 6.07) is 4.81. The lowest BCUT2D eigenvalue weighted by Gasteiger charge is -2.16. The van der Waals surface area contributed by atoms with Crippen molar-refractivity contribution in [1.82, 2.24) is 0 Å². The average molecular weight is 252 g/mol. The fraction of sp³-hybridized carbons (Fsp3) is 0.400. The molecule has 1 aromatic rings. The Labute approximate surface area is 101 Å². The average Bonchev–Trinajstić information content (AvgIpc) is 2.17. The molecule has 0 bridgehead atoms. The van der Waals surface area contributed by atoms with E-state index in [-0.39, 0.29) is 12.4 Å². The van der Waals surface area contributed by atoms with E-state index in [1.54, 1.807) is 32.2 Å². The molecule has 0 aliphatic heterocycles. The molecular weight excluding hydrogens is 237 g/mol. The summed E-state index contributed by atoms with van der Waals surface area (Å²) in [4.78, 5) is 0. The maximum atomic E-state index is 9.31. The maximum absolute atomic E-state index is 9.31. The molecule has 1 aromatic carbocycles. The fourth-order valence-electron chi connectivity index (χ4n) is 1.16. The largest absolute Gasteiger partial charge is 0.495 e. The van der Waals surface area contributed by atoms with Crippen LogP contribution in [0.3, 0.4) is 0 Å². The van der Waals surface area contributed by atoms with Crippen LogP contribution in [-0.2, 0) is 0 Å². The van der Waals surface area contributed by atoms with Crippen molar-refractivity contribution in [2.75, 3.05) is 7.11 Å². The zero-order valence-electron chi connectivity index (χ0n) is 8.61. The molecule has 3 N–H and O–H groups in total. The molecule has 3 nitrogen and oxygen atoms in total. The highest BCUT2D eigenvalue weighted by Gasteiger charge is 2.13. The molecule has 0 fully saturated rings. The number of aliphatic hydroxyl groups excluding tert-OH is 1. The van der Waals surface area contributed by atoms with Crippen molar-refractivity contribution in [3.05, 3.63) is 28.8 Å². The van der Waals surface area contributed by atoms with Crippen molar-refractivity contribution in [2.24, 2.45) is 5.73 Å². The highest BCUT2D eigenvalue weighted by Crippen LogP contribution is 2.27. The summed E-state index contributed by atoms with van der Waals surface area (Å²) in [6.45, 7) is 1.64. The van der Waals surface area contributed by atoms with Gasteiger partial charge in [-0.2, -0.15) is 0 Å². The van der Waals surface area contributed by atoms with E-state index >= 15 is 0 Å². The normalized spacial score (nSPS) is 13.9.